The van der Waals surface area contributed by atoms with E-state index in [0.717, 1.165) is 36.8 Å². The highest BCUT2D eigenvalue weighted by Crippen LogP contribution is 2.72. The Labute approximate surface area is 282 Å². The molecule has 4 aliphatic rings. The van der Waals surface area contributed by atoms with Gasteiger partial charge in [0.25, 0.3) is 10.1 Å². The smallest absolute Gasteiger partial charge is 0.397 e. The van der Waals surface area contributed by atoms with Gasteiger partial charge in [-0.1, -0.05) is 46.3 Å². The highest BCUT2D eigenvalue weighted by atomic mass is 35.5. The molecular formula is C30H45ClO13S3. The first-order valence-corrected chi connectivity index (χ1v) is 20.4. The second-order valence-corrected chi connectivity index (χ2v) is 19.1. The lowest BCUT2D eigenvalue weighted by molar-refractivity contribution is -0.149. The normalized spacial score (nSPS) is 40.6. The van der Waals surface area contributed by atoms with Gasteiger partial charge in [0, 0.05) is 11.5 Å². The Hall–Kier alpha value is -1.08. The van der Waals surface area contributed by atoms with E-state index in [0.29, 0.717) is 17.6 Å². The molecule has 1 heterocycles. The van der Waals surface area contributed by atoms with Crippen molar-refractivity contribution in [2.24, 2.45) is 39.9 Å². The molecule has 12 atom stereocenters. The fraction of sp³-hybridized carbons (Fsp3) is 0.800. The molecule has 17 heteroatoms. The van der Waals surface area contributed by atoms with Gasteiger partial charge in [-0.15, -0.1) is 0 Å². The van der Waals surface area contributed by atoms with Crippen molar-refractivity contribution in [3.8, 4) is 0 Å². The van der Waals surface area contributed by atoms with Crippen LogP contribution in [0.3, 0.4) is 0 Å². The second kappa shape index (κ2) is 12.3. The number of allylic oxidation sites excluding steroid dienone is 2. The molecule has 5 rings (SSSR count). The fourth-order valence-electron chi connectivity index (χ4n) is 10.3. The Morgan fingerprint density at radius 3 is 2.19 bits per heavy atom. The average Bonchev–Trinajstić information content (AvgIpc) is 3.47. The molecule has 1 aromatic rings. The quantitative estimate of drug-likeness (QED) is 0.178. The molecule has 47 heavy (non-hydrogen) atoms. The zero-order valence-electron chi connectivity index (χ0n) is 26.9. The van der Waals surface area contributed by atoms with E-state index in [1.165, 1.54) is 0 Å². The fourth-order valence-corrected chi connectivity index (χ4v) is 12.9. The Kier molecular flexibility index (Phi) is 9.73. The maximum Gasteiger partial charge on any atom is 0.397 e. The van der Waals surface area contributed by atoms with Gasteiger partial charge in [-0.25, -0.2) is 8.37 Å². The molecule has 3 fully saturated rings. The molecule has 268 valence electrons. The summed E-state index contributed by atoms with van der Waals surface area (Å²) in [4.78, 5) is 0. The first-order valence-electron chi connectivity index (χ1n) is 15.8. The van der Waals surface area contributed by atoms with Crippen LogP contribution in [0, 0.1) is 39.9 Å². The number of furan rings is 1. The summed E-state index contributed by atoms with van der Waals surface area (Å²) in [6, 6.07) is 1.88. The molecule has 4 N–H and O–H groups in total. The van der Waals surface area contributed by atoms with Crippen LogP contribution in [0.15, 0.2) is 28.4 Å². The van der Waals surface area contributed by atoms with Gasteiger partial charge in [-0.3, -0.25) is 13.7 Å². The second-order valence-electron chi connectivity index (χ2n) is 15.0. The molecule has 1 aromatic heterocycles. The van der Waals surface area contributed by atoms with E-state index < -0.39 is 83.6 Å². The van der Waals surface area contributed by atoms with Gasteiger partial charge >= 0.3 is 20.8 Å². The number of hydrogen-bond acceptors (Lipinski definition) is 10. The third-order valence-corrected chi connectivity index (χ3v) is 15.2. The minimum absolute atomic E-state index is 0.0758. The van der Waals surface area contributed by atoms with Crippen LogP contribution >= 0.6 is 11.6 Å². The van der Waals surface area contributed by atoms with Crippen molar-refractivity contribution >= 4 is 42.5 Å². The molecule has 0 saturated heterocycles. The van der Waals surface area contributed by atoms with Crippen molar-refractivity contribution in [2.45, 2.75) is 109 Å². The topological polar surface area (TPSA) is 215 Å². The van der Waals surface area contributed by atoms with E-state index in [4.69, 9.17) is 20.2 Å². The SMILES string of the molecule is CC(CC[C@@H](C)[C@H]1CC[C@@]2(C)[C@@H]3C[C@H](S(=O)(=O)O)C4[C@@H](O)[C@H](OS(=O)(=O)O)[C@@H](OS(=O)(=O)O)C[C@]4(C)C3=CC[C@]12C)c1ccoc1Cl. The van der Waals surface area contributed by atoms with Crippen LogP contribution in [0.25, 0.3) is 0 Å². The molecule has 0 amide bonds. The summed E-state index contributed by atoms with van der Waals surface area (Å²) in [5.74, 6) is -1.01. The molecule has 0 aliphatic heterocycles. The number of fused-ring (bicyclic) bond motifs is 5. The van der Waals surface area contributed by atoms with Gasteiger partial charge in [0.05, 0.1) is 17.6 Å². The third kappa shape index (κ3) is 6.61. The maximum absolute atomic E-state index is 13.1. The van der Waals surface area contributed by atoms with E-state index in [9.17, 15) is 44.0 Å². The highest BCUT2D eigenvalue weighted by molar-refractivity contribution is 7.86. The largest absolute Gasteiger partial charge is 0.453 e. The van der Waals surface area contributed by atoms with E-state index in [1.54, 1.807) is 13.2 Å². The van der Waals surface area contributed by atoms with Crippen molar-refractivity contribution in [3.63, 3.8) is 0 Å². The molecular weight excluding hydrogens is 700 g/mol. The average molecular weight is 745 g/mol. The monoisotopic (exact) mass is 744 g/mol. The molecule has 3 saturated carbocycles. The summed E-state index contributed by atoms with van der Waals surface area (Å²) >= 11 is 6.22. The van der Waals surface area contributed by atoms with Gasteiger partial charge in [-0.2, -0.15) is 25.3 Å². The van der Waals surface area contributed by atoms with Crippen molar-refractivity contribution in [3.05, 3.63) is 34.8 Å². The third-order valence-electron chi connectivity index (χ3n) is 12.7. The number of rotatable bonds is 10. The number of aliphatic hydroxyl groups is 1. The van der Waals surface area contributed by atoms with Crippen LogP contribution in [0.4, 0.5) is 0 Å². The standard InChI is InChI=1S/C30H45ClO13S3/c1-16(18-10-13-42-27(18)31)6-7-17(2)19-8-11-30(5)21-14-23(45(33,34)35)24-25(32)26(44-47(39,40)41)22(43-46(36,37)38)15-28(24,3)20(21)9-12-29(19,30)4/h9-10,13,16-17,19,21-26,32H,6-8,11-12,14-15H2,1-5H3,(H,33,34,35)(H,36,37,38)(H,39,40,41)/t16?,17-,19-,21-,22+,23+,24?,25-,26-,28-,29-,30+/m1/s1. The molecule has 0 aromatic carbocycles. The summed E-state index contributed by atoms with van der Waals surface area (Å²) in [6.45, 7) is 10.3. The lowest BCUT2D eigenvalue weighted by Crippen LogP contribution is -2.66. The summed E-state index contributed by atoms with van der Waals surface area (Å²) in [6.07, 6.45) is 1.21. The molecule has 0 spiro atoms. The van der Waals surface area contributed by atoms with Gasteiger partial charge in [0.2, 0.25) is 0 Å². The maximum atomic E-state index is 13.1. The highest BCUT2D eigenvalue weighted by Gasteiger charge is 2.69. The van der Waals surface area contributed by atoms with Crippen molar-refractivity contribution in [2.75, 3.05) is 0 Å². The van der Waals surface area contributed by atoms with Gasteiger partial charge in [0.15, 0.2) is 5.22 Å². The van der Waals surface area contributed by atoms with Crippen LogP contribution < -0.4 is 0 Å². The van der Waals surface area contributed by atoms with Crippen LogP contribution in [0.1, 0.15) is 91.0 Å². The number of hydrogen-bond donors (Lipinski definition) is 4. The first kappa shape index (κ1) is 37.2. The molecule has 0 radical (unpaired) electrons. The van der Waals surface area contributed by atoms with E-state index in [2.05, 4.69) is 31.9 Å². The lowest BCUT2D eigenvalue weighted by atomic mass is 9.43. The van der Waals surface area contributed by atoms with Gasteiger partial charge in [-0.05, 0) is 103 Å². The lowest BCUT2D eigenvalue weighted by Gasteiger charge is -2.63. The molecule has 4 aliphatic carbocycles. The summed E-state index contributed by atoms with van der Waals surface area (Å²) < 4.78 is 117. The molecule has 0 bridgehead atoms. The Balaban J connectivity index is 1.52. The minimum atomic E-state index is -5.30. The Bertz CT molecular complexity index is 1720. The van der Waals surface area contributed by atoms with E-state index >= 15 is 0 Å². The number of aliphatic hydroxyl groups excluding tert-OH is 1. The van der Waals surface area contributed by atoms with Gasteiger partial charge < -0.3 is 9.52 Å². The molecule has 13 nitrogen and oxygen atoms in total. The predicted molar refractivity (Wildman–Crippen MR) is 171 cm³/mol. The van der Waals surface area contributed by atoms with Crippen molar-refractivity contribution in [1.29, 1.82) is 0 Å². The van der Waals surface area contributed by atoms with E-state index in [1.807, 2.05) is 12.1 Å². The number of halogens is 1. The summed E-state index contributed by atoms with van der Waals surface area (Å²) in [7, 11) is -15.4. The van der Waals surface area contributed by atoms with Crippen LogP contribution in [-0.2, 0) is 39.3 Å². The Morgan fingerprint density at radius 2 is 1.64 bits per heavy atom. The Morgan fingerprint density at radius 1 is 1.00 bits per heavy atom. The first-order chi connectivity index (χ1) is 21.4. The summed E-state index contributed by atoms with van der Waals surface area (Å²) in [5, 5.41) is 10.3. The zero-order chi connectivity index (χ0) is 35.1. The summed E-state index contributed by atoms with van der Waals surface area (Å²) in [5.41, 5.74) is -0.364. The molecule has 2 unspecified atom stereocenters. The van der Waals surface area contributed by atoms with Crippen LogP contribution in [0.5, 0.6) is 0 Å². The zero-order valence-corrected chi connectivity index (χ0v) is 30.1. The van der Waals surface area contributed by atoms with E-state index in [-0.39, 0.29) is 23.7 Å². The predicted octanol–water partition coefficient (Wildman–Crippen LogP) is 5.24. The van der Waals surface area contributed by atoms with Crippen LogP contribution in [-0.4, -0.2) is 67.6 Å². The van der Waals surface area contributed by atoms with Crippen LogP contribution in [0.2, 0.25) is 5.22 Å². The van der Waals surface area contributed by atoms with Crippen molar-refractivity contribution in [1.82, 2.24) is 0 Å². The van der Waals surface area contributed by atoms with Gasteiger partial charge in [0.1, 0.15) is 12.2 Å². The minimum Gasteiger partial charge on any atom is -0.453 e. The van der Waals surface area contributed by atoms with Crippen molar-refractivity contribution < 1.29 is 56.8 Å².